The molecule has 0 fully saturated rings. The third-order valence-corrected chi connectivity index (χ3v) is 4.11. The molecule has 0 saturated heterocycles. The van der Waals surface area contributed by atoms with Crippen molar-refractivity contribution in [3.63, 3.8) is 0 Å². The number of hydrogen-bond donors (Lipinski definition) is 0. The molecule has 0 saturated carbocycles. The molecule has 0 aliphatic heterocycles. The summed E-state index contributed by atoms with van der Waals surface area (Å²) < 4.78 is 5.64. The average molecular weight is 301 g/mol. The van der Waals surface area contributed by atoms with E-state index in [1.54, 1.807) is 24.3 Å². The molecule has 0 spiro atoms. The van der Waals surface area contributed by atoms with Crippen molar-refractivity contribution in [2.45, 2.75) is 25.7 Å². The Morgan fingerprint density at radius 2 is 1.71 bits per heavy atom. The molecule has 2 nitrogen and oxygen atoms in total. The van der Waals surface area contributed by atoms with Crippen molar-refractivity contribution >= 4 is 17.4 Å². The summed E-state index contributed by atoms with van der Waals surface area (Å²) in [5.74, 6) is 0.738. The van der Waals surface area contributed by atoms with E-state index in [0.29, 0.717) is 10.6 Å². The van der Waals surface area contributed by atoms with Crippen LogP contribution in [0.5, 0.6) is 5.75 Å². The quantitative estimate of drug-likeness (QED) is 0.778. The van der Waals surface area contributed by atoms with Gasteiger partial charge in [-0.05, 0) is 73.2 Å². The molecular weight excluding hydrogens is 284 g/mol. The average Bonchev–Trinajstić information content (AvgIpc) is 2.53. The topological polar surface area (TPSA) is 26.3 Å². The molecule has 0 heterocycles. The van der Waals surface area contributed by atoms with Gasteiger partial charge >= 0.3 is 0 Å². The van der Waals surface area contributed by atoms with Crippen LogP contribution in [0.25, 0.3) is 0 Å². The van der Waals surface area contributed by atoms with Crippen LogP contribution in [0.3, 0.4) is 0 Å². The number of ketones is 1. The van der Waals surface area contributed by atoms with Gasteiger partial charge in [0.05, 0.1) is 0 Å². The summed E-state index contributed by atoms with van der Waals surface area (Å²) in [6, 6.07) is 13.0. The number of hydrogen-bond acceptors (Lipinski definition) is 2. The number of ether oxygens (including phenoxy) is 1. The number of Topliss-reactive ketones (excluding diaryl/α,β-unsaturated/α-hetero) is 1. The van der Waals surface area contributed by atoms with Gasteiger partial charge in [0.15, 0.2) is 12.4 Å². The SMILES string of the molecule is O=C(COc1ccc2c(c1)CCCC2)c1ccc(Cl)cc1. The number of aryl methyl sites for hydroxylation is 2. The minimum absolute atomic E-state index is 0.0376. The monoisotopic (exact) mass is 300 g/mol. The Morgan fingerprint density at radius 3 is 2.48 bits per heavy atom. The van der Waals surface area contributed by atoms with E-state index in [1.165, 1.54) is 24.0 Å². The first-order valence-corrected chi connectivity index (χ1v) is 7.63. The van der Waals surface area contributed by atoms with Gasteiger partial charge in [0.1, 0.15) is 5.75 Å². The van der Waals surface area contributed by atoms with Crippen LogP contribution in [0.15, 0.2) is 42.5 Å². The number of rotatable bonds is 4. The molecule has 21 heavy (non-hydrogen) atoms. The molecule has 0 amide bonds. The molecule has 2 aromatic rings. The number of halogens is 1. The predicted octanol–water partition coefficient (Wildman–Crippen LogP) is 4.48. The maximum atomic E-state index is 12.0. The molecule has 1 aliphatic carbocycles. The van der Waals surface area contributed by atoms with E-state index in [-0.39, 0.29) is 12.4 Å². The fourth-order valence-corrected chi connectivity index (χ4v) is 2.79. The molecule has 108 valence electrons. The molecule has 0 aromatic heterocycles. The minimum Gasteiger partial charge on any atom is -0.485 e. The number of carbonyl (C=O) groups is 1. The first-order valence-electron chi connectivity index (χ1n) is 7.26. The Bertz CT molecular complexity index is 647. The second kappa shape index (κ2) is 6.31. The number of carbonyl (C=O) groups excluding carboxylic acids is 1. The summed E-state index contributed by atoms with van der Waals surface area (Å²) in [6.07, 6.45) is 4.76. The normalized spacial score (nSPS) is 13.6. The fourth-order valence-electron chi connectivity index (χ4n) is 2.67. The van der Waals surface area contributed by atoms with Crippen molar-refractivity contribution in [3.8, 4) is 5.75 Å². The van der Waals surface area contributed by atoms with Gasteiger partial charge in [-0.3, -0.25) is 4.79 Å². The van der Waals surface area contributed by atoms with Crippen molar-refractivity contribution in [2.75, 3.05) is 6.61 Å². The second-order valence-electron chi connectivity index (χ2n) is 5.36. The fraction of sp³-hybridized carbons (Fsp3) is 0.278. The first-order chi connectivity index (χ1) is 10.2. The van der Waals surface area contributed by atoms with Crippen LogP contribution < -0.4 is 4.74 Å². The zero-order valence-electron chi connectivity index (χ0n) is 11.8. The Labute approximate surface area is 129 Å². The van der Waals surface area contributed by atoms with Crippen LogP contribution in [0.1, 0.15) is 34.3 Å². The van der Waals surface area contributed by atoms with E-state index < -0.39 is 0 Å². The number of fused-ring (bicyclic) bond motifs is 1. The van der Waals surface area contributed by atoms with E-state index in [0.717, 1.165) is 18.6 Å². The van der Waals surface area contributed by atoms with Crippen LogP contribution in [-0.2, 0) is 12.8 Å². The summed E-state index contributed by atoms with van der Waals surface area (Å²) >= 11 is 5.81. The predicted molar refractivity (Wildman–Crippen MR) is 84.4 cm³/mol. The zero-order chi connectivity index (χ0) is 14.7. The molecule has 0 atom stereocenters. The third-order valence-electron chi connectivity index (χ3n) is 3.86. The van der Waals surface area contributed by atoms with Crippen molar-refractivity contribution < 1.29 is 9.53 Å². The Kier molecular flexibility index (Phi) is 4.26. The summed E-state index contributed by atoms with van der Waals surface area (Å²) in [7, 11) is 0. The molecule has 0 N–H and O–H groups in total. The summed E-state index contributed by atoms with van der Waals surface area (Å²) in [5.41, 5.74) is 3.40. The first kappa shape index (κ1) is 14.2. The zero-order valence-corrected chi connectivity index (χ0v) is 12.5. The molecule has 0 bridgehead atoms. The van der Waals surface area contributed by atoms with Crippen LogP contribution in [0.4, 0.5) is 0 Å². The molecular formula is C18H17ClO2. The standard InChI is InChI=1S/C18H17ClO2/c19-16-8-5-14(6-9-16)18(20)12-21-17-10-7-13-3-1-2-4-15(13)11-17/h5-11H,1-4,12H2. The van der Waals surface area contributed by atoms with Gasteiger partial charge in [0, 0.05) is 10.6 Å². The maximum absolute atomic E-state index is 12.0. The van der Waals surface area contributed by atoms with Crippen LogP contribution in [0.2, 0.25) is 5.02 Å². The Hall–Kier alpha value is -1.80. The molecule has 1 aliphatic rings. The van der Waals surface area contributed by atoms with Gasteiger partial charge in [0.2, 0.25) is 0 Å². The lowest BCUT2D eigenvalue weighted by molar-refractivity contribution is 0.0921. The summed E-state index contributed by atoms with van der Waals surface area (Å²) in [5, 5.41) is 0.627. The van der Waals surface area contributed by atoms with E-state index in [9.17, 15) is 4.79 Å². The van der Waals surface area contributed by atoms with E-state index in [1.807, 2.05) is 6.07 Å². The smallest absolute Gasteiger partial charge is 0.200 e. The minimum atomic E-state index is -0.0376. The van der Waals surface area contributed by atoms with Gasteiger partial charge in [-0.1, -0.05) is 17.7 Å². The lowest BCUT2D eigenvalue weighted by atomic mass is 9.92. The molecule has 0 radical (unpaired) electrons. The molecule has 3 rings (SSSR count). The van der Waals surface area contributed by atoms with Gasteiger partial charge in [0.25, 0.3) is 0 Å². The molecule has 3 heteroatoms. The van der Waals surface area contributed by atoms with E-state index in [4.69, 9.17) is 16.3 Å². The largest absolute Gasteiger partial charge is 0.485 e. The lowest BCUT2D eigenvalue weighted by Gasteiger charge is -2.16. The van der Waals surface area contributed by atoms with Crippen LogP contribution >= 0.6 is 11.6 Å². The second-order valence-corrected chi connectivity index (χ2v) is 5.79. The molecule has 0 unspecified atom stereocenters. The number of benzene rings is 2. The Morgan fingerprint density at radius 1 is 1.00 bits per heavy atom. The third kappa shape index (κ3) is 3.45. The highest BCUT2D eigenvalue weighted by molar-refractivity contribution is 6.30. The molecule has 2 aromatic carbocycles. The van der Waals surface area contributed by atoms with E-state index >= 15 is 0 Å². The van der Waals surface area contributed by atoms with Crippen LogP contribution in [-0.4, -0.2) is 12.4 Å². The summed E-state index contributed by atoms with van der Waals surface area (Å²) in [4.78, 5) is 12.0. The summed E-state index contributed by atoms with van der Waals surface area (Å²) in [6.45, 7) is 0.0560. The highest BCUT2D eigenvalue weighted by Gasteiger charge is 2.11. The van der Waals surface area contributed by atoms with Gasteiger partial charge < -0.3 is 4.74 Å². The van der Waals surface area contributed by atoms with Crippen molar-refractivity contribution in [3.05, 3.63) is 64.2 Å². The van der Waals surface area contributed by atoms with Crippen LogP contribution in [0, 0.1) is 0 Å². The lowest BCUT2D eigenvalue weighted by Crippen LogP contribution is -2.12. The van der Waals surface area contributed by atoms with Crippen molar-refractivity contribution in [1.29, 1.82) is 0 Å². The van der Waals surface area contributed by atoms with E-state index in [2.05, 4.69) is 12.1 Å². The van der Waals surface area contributed by atoms with Gasteiger partial charge in [-0.25, -0.2) is 0 Å². The highest BCUT2D eigenvalue weighted by atomic mass is 35.5. The van der Waals surface area contributed by atoms with Gasteiger partial charge in [-0.2, -0.15) is 0 Å². The Balaban J connectivity index is 1.64. The highest BCUT2D eigenvalue weighted by Crippen LogP contribution is 2.25. The maximum Gasteiger partial charge on any atom is 0.200 e. The van der Waals surface area contributed by atoms with Crippen molar-refractivity contribution in [1.82, 2.24) is 0 Å². The van der Waals surface area contributed by atoms with Gasteiger partial charge in [-0.15, -0.1) is 0 Å². The van der Waals surface area contributed by atoms with Crippen molar-refractivity contribution in [2.24, 2.45) is 0 Å².